The molecule has 3 aromatic rings. The Morgan fingerprint density at radius 3 is 2.83 bits per heavy atom. The lowest BCUT2D eigenvalue weighted by Crippen LogP contribution is -2.10. The van der Waals surface area contributed by atoms with Crippen molar-refractivity contribution in [3.8, 4) is 17.1 Å². The summed E-state index contributed by atoms with van der Waals surface area (Å²) in [4.78, 5) is 16.1. The second kappa shape index (κ2) is 7.69. The minimum Gasteiger partial charge on any atom is -0.497 e. The van der Waals surface area contributed by atoms with Gasteiger partial charge in [0.05, 0.1) is 7.11 Å². The Morgan fingerprint density at radius 1 is 1.29 bits per heavy atom. The van der Waals surface area contributed by atoms with E-state index in [0.29, 0.717) is 31.0 Å². The largest absolute Gasteiger partial charge is 0.497 e. The lowest BCUT2D eigenvalue weighted by atomic mass is 10.2. The predicted molar refractivity (Wildman–Crippen MR) is 90.0 cm³/mol. The summed E-state index contributed by atoms with van der Waals surface area (Å²) in [5.41, 5.74) is 0.855. The van der Waals surface area contributed by atoms with Gasteiger partial charge in [-0.25, -0.2) is 0 Å². The lowest BCUT2D eigenvalue weighted by molar-refractivity contribution is -0.116. The lowest BCUT2D eigenvalue weighted by Gasteiger charge is -2.00. The zero-order valence-electron chi connectivity index (χ0n) is 13.1. The second-order valence-electron chi connectivity index (χ2n) is 5.02. The van der Waals surface area contributed by atoms with Crippen LogP contribution in [-0.2, 0) is 11.2 Å². The zero-order chi connectivity index (χ0) is 16.8. The van der Waals surface area contributed by atoms with E-state index < -0.39 is 0 Å². The molecule has 0 atom stereocenters. The van der Waals surface area contributed by atoms with Crippen LogP contribution in [-0.4, -0.2) is 27.5 Å². The van der Waals surface area contributed by atoms with Gasteiger partial charge < -0.3 is 14.6 Å². The molecule has 0 aliphatic rings. The van der Waals surface area contributed by atoms with Crippen LogP contribution in [0.15, 0.2) is 41.1 Å². The van der Waals surface area contributed by atoms with Gasteiger partial charge in [-0.2, -0.15) is 9.36 Å². The van der Waals surface area contributed by atoms with E-state index in [1.54, 1.807) is 19.4 Å². The van der Waals surface area contributed by atoms with Crippen LogP contribution in [0.5, 0.6) is 5.75 Å². The van der Waals surface area contributed by atoms with Crippen molar-refractivity contribution in [1.82, 2.24) is 14.5 Å². The summed E-state index contributed by atoms with van der Waals surface area (Å²) in [6.45, 7) is 0. The summed E-state index contributed by atoms with van der Waals surface area (Å²) in [6.07, 6.45) is 3.23. The van der Waals surface area contributed by atoms with E-state index in [1.165, 1.54) is 11.5 Å². The quantitative estimate of drug-likeness (QED) is 0.708. The maximum absolute atomic E-state index is 11.8. The third kappa shape index (κ3) is 4.17. The molecule has 3 rings (SSSR count). The number of anilines is 1. The number of carbonyl (C=O) groups excluding carboxylic acids is 1. The van der Waals surface area contributed by atoms with E-state index in [0.717, 1.165) is 16.3 Å². The van der Waals surface area contributed by atoms with E-state index in [1.807, 2.05) is 24.3 Å². The Hall–Kier alpha value is -2.74. The van der Waals surface area contributed by atoms with Crippen molar-refractivity contribution in [2.45, 2.75) is 19.3 Å². The number of nitrogens with zero attached hydrogens (tertiary/aromatic N) is 3. The maximum Gasteiger partial charge on any atom is 0.226 e. The molecule has 0 spiro atoms. The highest BCUT2D eigenvalue weighted by Gasteiger charge is 2.10. The summed E-state index contributed by atoms with van der Waals surface area (Å²) in [7, 11) is 1.62. The van der Waals surface area contributed by atoms with Crippen LogP contribution in [0.1, 0.15) is 18.7 Å². The average Bonchev–Trinajstić information content (AvgIpc) is 3.27. The molecule has 0 radical (unpaired) electrons. The van der Waals surface area contributed by atoms with Crippen LogP contribution in [0, 0.1) is 0 Å². The number of aromatic nitrogens is 3. The van der Waals surface area contributed by atoms with Gasteiger partial charge in [-0.3, -0.25) is 4.79 Å². The molecule has 0 unspecified atom stereocenters. The molecule has 0 aliphatic heterocycles. The van der Waals surface area contributed by atoms with E-state index in [2.05, 4.69) is 19.8 Å². The number of carbonyl (C=O) groups is 1. The van der Waals surface area contributed by atoms with Gasteiger partial charge in [-0.1, -0.05) is 5.16 Å². The van der Waals surface area contributed by atoms with E-state index in [9.17, 15) is 4.79 Å². The van der Waals surface area contributed by atoms with E-state index >= 15 is 0 Å². The Bertz CT molecular complexity index is 784. The topological polar surface area (TPSA) is 90.1 Å². The van der Waals surface area contributed by atoms with Gasteiger partial charge in [0.1, 0.15) is 10.8 Å². The van der Waals surface area contributed by atoms with Gasteiger partial charge in [0.2, 0.25) is 17.6 Å². The molecule has 0 saturated carbocycles. The Labute approximate surface area is 142 Å². The van der Waals surface area contributed by atoms with Gasteiger partial charge in [0, 0.05) is 24.6 Å². The highest BCUT2D eigenvalue weighted by Crippen LogP contribution is 2.20. The molecule has 0 fully saturated rings. The van der Waals surface area contributed by atoms with Gasteiger partial charge in [-0.15, -0.1) is 0 Å². The minimum absolute atomic E-state index is 0.0471. The number of methoxy groups -OCH3 is 1. The Morgan fingerprint density at radius 2 is 2.12 bits per heavy atom. The SMILES string of the molecule is COc1ccc(-c2noc(CCCC(=O)Nc3ccns3)n2)cc1. The van der Waals surface area contributed by atoms with E-state index in [-0.39, 0.29) is 5.91 Å². The highest BCUT2D eigenvalue weighted by molar-refractivity contribution is 7.10. The van der Waals surface area contributed by atoms with Crippen molar-refractivity contribution in [3.63, 3.8) is 0 Å². The molecule has 2 heterocycles. The summed E-state index contributed by atoms with van der Waals surface area (Å²) in [6, 6.07) is 9.19. The molecule has 0 saturated heterocycles. The van der Waals surface area contributed by atoms with Crippen molar-refractivity contribution in [3.05, 3.63) is 42.4 Å². The molecule has 8 heteroatoms. The van der Waals surface area contributed by atoms with Crippen molar-refractivity contribution < 1.29 is 14.1 Å². The Balaban J connectivity index is 1.49. The molecular formula is C16H16N4O3S. The van der Waals surface area contributed by atoms with Crippen molar-refractivity contribution in [2.75, 3.05) is 12.4 Å². The molecule has 124 valence electrons. The third-order valence-electron chi connectivity index (χ3n) is 3.31. The molecule has 1 N–H and O–H groups in total. The average molecular weight is 344 g/mol. The summed E-state index contributed by atoms with van der Waals surface area (Å²) >= 11 is 1.25. The van der Waals surface area contributed by atoms with Gasteiger partial charge in [-0.05, 0) is 48.3 Å². The number of hydrogen-bond donors (Lipinski definition) is 1. The number of aryl methyl sites for hydroxylation is 1. The van der Waals surface area contributed by atoms with Crippen LogP contribution in [0.2, 0.25) is 0 Å². The fourth-order valence-corrected chi connectivity index (χ4v) is 2.61. The molecule has 24 heavy (non-hydrogen) atoms. The first-order valence-corrected chi connectivity index (χ1v) is 8.19. The first kappa shape index (κ1) is 16.1. The number of rotatable bonds is 7. The molecule has 1 aromatic carbocycles. The standard InChI is InChI=1S/C16H16N4O3S/c1-22-12-7-5-11(6-8-12)16-19-14(23-20-16)4-2-3-13(21)18-15-9-10-17-24-15/h5-10H,2-4H2,1H3,(H,18,21). The molecule has 2 aromatic heterocycles. The number of amides is 1. The monoisotopic (exact) mass is 344 g/mol. The number of hydrogen-bond acceptors (Lipinski definition) is 7. The maximum atomic E-state index is 11.8. The second-order valence-corrected chi connectivity index (χ2v) is 5.85. The molecule has 1 amide bonds. The van der Waals surface area contributed by atoms with Gasteiger partial charge in [0.25, 0.3) is 0 Å². The predicted octanol–water partition coefficient (Wildman–Crippen LogP) is 3.16. The summed E-state index contributed by atoms with van der Waals surface area (Å²) in [5, 5.41) is 7.50. The van der Waals surface area contributed by atoms with Crippen LogP contribution in [0.3, 0.4) is 0 Å². The zero-order valence-corrected chi connectivity index (χ0v) is 13.9. The first-order chi connectivity index (χ1) is 11.7. The van der Waals surface area contributed by atoms with Crippen LogP contribution >= 0.6 is 11.5 Å². The molecule has 0 bridgehead atoms. The fraction of sp³-hybridized carbons (Fsp3) is 0.250. The van der Waals surface area contributed by atoms with Crippen LogP contribution < -0.4 is 10.1 Å². The van der Waals surface area contributed by atoms with Crippen LogP contribution in [0.25, 0.3) is 11.4 Å². The molecular weight excluding hydrogens is 328 g/mol. The van der Waals surface area contributed by atoms with Gasteiger partial charge >= 0.3 is 0 Å². The summed E-state index contributed by atoms with van der Waals surface area (Å²) in [5.74, 6) is 1.77. The third-order valence-corrected chi connectivity index (χ3v) is 3.97. The smallest absolute Gasteiger partial charge is 0.226 e. The number of benzene rings is 1. The van der Waals surface area contributed by atoms with Crippen molar-refractivity contribution in [1.29, 1.82) is 0 Å². The summed E-state index contributed by atoms with van der Waals surface area (Å²) < 4.78 is 14.3. The van der Waals surface area contributed by atoms with Crippen molar-refractivity contribution in [2.24, 2.45) is 0 Å². The minimum atomic E-state index is -0.0471. The number of nitrogens with one attached hydrogen (secondary N) is 1. The normalized spacial score (nSPS) is 10.5. The van der Waals surface area contributed by atoms with Gasteiger partial charge in [0.15, 0.2) is 0 Å². The molecule has 0 aliphatic carbocycles. The highest BCUT2D eigenvalue weighted by atomic mass is 32.1. The number of ether oxygens (including phenoxy) is 1. The first-order valence-electron chi connectivity index (χ1n) is 7.42. The molecule has 7 nitrogen and oxygen atoms in total. The van der Waals surface area contributed by atoms with Crippen molar-refractivity contribution >= 4 is 22.4 Å². The van der Waals surface area contributed by atoms with E-state index in [4.69, 9.17) is 9.26 Å². The fourth-order valence-electron chi connectivity index (χ4n) is 2.09. The Kier molecular flexibility index (Phi) is 5.17. The van der Waals surface area contributed by atoms with Crippen LogP contribution in [0.4, 0.5) is 5.00 Å².